The highest BCUT2D eigenvalue weighted by atomic mass is 79.9. The number of carbonyl (C=O) groups is 2. The molecule has 0 spiro atoms. The number of ether oxygens (including phenoxy) is 2. The third-order valence-electron chi connectivity index (χ3n) is 6.32. The molecule has 27 heavy (non-hydrogen) atoms. The minimum absolute atomic E-state index is 0.00268. The summed E-state index contributed by atoms with van der Waals surface area (Å²) in [5.74, 6) is 1.68. The van der Waals surface area contributed by atoms with Crippen LogP contribution < -0.4 is 10.1 Å². The highest BCUT2D eigenvalue weighted by Gasteiger charge is 2.61. The fourth-order valence-electron chi connectivity index (χ4n) is 6.02. The van der Waals surface area contributed by atoms with Gasteiger partial charge in [0.25, 0.3) is 0 Å². The van der Waals surface area contributed by atoms with Crippen LogP contribution in [0.1, 0.15) is 45.4 Å². The van der Waals surface area contributed by atoms with Crippen LogP contribution in [0.5, 0.6) is 5.75 Å². The number of benzene rings is 1. The zero-order valence-corrected chi connectivity index (χ0v) is 17.2. The Labute approximate surface area is 168 Å². The summed E-state index contributed by atoms with van der Waals surface area (Å²) in [6.45, 7) is 2.15. The van der Waals surface area contributed by atoms with Gasteiger partial charge in [0, 0.05) is 16.9 Å². The van der Waals surface area contributed by atoms with Gasteiger partial charge in [0.1, 0.15) is 19.0 Å². The van der Waals surface area contributed by atoms with Crippen molar-refractivity contribution < 1.29 is 19.1 Å². The molecule has 0 saturated heterocycles. The number of nitrogens with one attached hydrogen (secondary N) is 1. The first kappa shape index (κ1) is 18.8. The van der Waals surface area contributed by atoms with E-state index < -0.39 is 5.41 Å². The second kappa shape index (κ2) is 7.12. The zero-order valence-electron chi connectivity index (χ0n) is 15.6. The molecule has 0 aliphatic heterocycles. The third-order valence-corrected chi connectivity index (χ3v) is 6.81. The zero-order chi connectivity index (χ0) is 19.1. The van der Waals surface area contributed by atoms with Crippen LogP contribution in [0.4, 0.5) is 0 Å². The Balaban J connectivity index is 1.36. The molecule has 1 aromatic carbocycles. The van der Waals surface area contributed by atoms with Gasteiger partial charge in [0.2, 0.25) is 5.91 Å². The summed E-state index contributed by atoms with van der Waals surface area (Å²) in [7, 11) is 0. The van der Waals surface area contributed by atoms with Crippen molar-refractivity contribution in [2.24, 2.45) is 17.3 Å². The largest absolute Gasteiger partial charge is 0.490 e. The van der Waals surface area contributed by atoms with Gasteiger partial charge in [-0.15, -0.1) is 0 Å². The van der Waals surface area contributed by atoms with Crippen molar-refractivity contribution >= 4 is 27.8 Å². The monoisotopic (exact) mass is 435 g/mol. The number of carbonyl (C=O) groups excluding carboxylic acids is 2. The maximum Gasteiger partial charge on any atom is 0.312 e. The van der Waals surface area contributed by atoms with Gasteiger partial charge in [-0.2, -0.15) is 0 Å². The quantitative estimate of drug-likeness (QED) is 0.544. The molecule has 4 fully saturated rings. The minimum Gasteiger partial charge on any atom is -0.490 e. The first-order valence-corrected chi connectivity index (χ1v) is 10.5. The van der Waals surface area contributed by atoms with Crippen molar-refractivity contribution in [2.45, 2.75) is 51.0 Å². The molecule has 4 bridgehead atoms. The molecule has 4 aliphatic rings. The van der Waals surface area contributed by atoms with E-state index in [4.69, 9.17) is 9.47 Å². The van der Waals surface area contributed by atoms with Crippen molar-refractivity contribution in [1.29, 1.82) is 0 Å². The normalized spacial score (nSPS) is 33.6. The van der Waals surface area contributed by atoms with E-state index in [2.05, 4.69) is 21.2 Å². The van der Waals surface area contributed by atoms with E-state index in [1.165, 1.54) is 6.42 Å². The van der Waals surface area contributed by atoms with Gasteiger partial charge in [0.05, 0.1) is 5.41 Å². The maximum atomic E-state index is 13.0. The van der Waals surface area contributed by atoms with E-state index >= 15 is 0 Å². The molecule has 0 aromatic heterocycles. The molecule has 1 N–H and O–H groups in total. The predicted molar refractivity (Wildman–Crippen MR) is 104 cm³/mol. The molecule has 5 rings (SSSR count). The standard InChI is InChI=1S/C21H26BrNO4/c1-14(24)23-21-11-15-7-16(12-21)10-20(9-15,13-21)19(25)27-6-5-26-18-4-2-3-17(22)8-18/h2-4,8,15-16H,5-7,9-13H2,1H3,(H,23,24)/t15-,16-,20?,21?/m1/s1. The van der Waals surface area contributed by atoms with Crippen LogP contribution in [0.3, 0.4) is 0 Å². The first-order valence-electron chi connectivity index (χ1n) is 9.73. The van der Waals surface area contributed by atoms with Crippen molar-refractivity contribution in [3.05, 3.63) is 28.7 Å². The first-order chi connectivity index (χ1) is 12.9. The molecular formula is C21H26BrNO4. The topological polar surface area (TPSA) is 64.6 Å². The molecule has 0 unspecified atom stereocenters. The van der Waals surface area contributed by atoms with Gasteiger partial charge in [-0.05, 0) is 68.6 Å². The minimum atomic E-state index is -0.428. The fourth-order valence-corrected chi connectivity index (χ4v) is 6.40. The summed E-state index contributed by atoms with van der Waals surface area (Å²) >= 11 is 3.41. The van der Waals surface area contributed by atoms with Crippen LogP contribution in [0.2, 0.25) is 0 Å². The Hall–Kier alpha value is -1.56. The SMILES string of the molecule is CC(=O)NC12C[C@@H]3C[C@@H](C1)CC(C(=O)OCCOc1cccc(Br)c1)(C3)C2. The lowest BCUT2D eigenvalue weighted by Crippen LogP contribution is -2.64. The fraction of sp³-hybridized carbons (Fsp3) is 0.619. The van der Waals surface area contributed by atoms with Gasteiger partial charge >= 0.3 is 5.97 Å². The number of esters is 1. The van der Waals surface area contributed by atoms with Crippen LogP contribution in [-0.4, -0.2) is 30.6 Å². The summed E-state index contributed by atoms with van der Waals surface area (Å²) < 4.78 is 12.3. The number of amides is 1. The molecule has 5 nitrogen and oxygen atoms in total. The Morgan fingerprint density at radius 1 is 1.19 bits per heavy atom. The Bertz CT molecular complexity index is 735. The Morgan fingerprint density at radius 3 is 2.59 bits per heavy atom. The molecule has 4 aliphatic carbocycles. The number of hydrogen-bond acceptors (Lipinski definition) is 4. The van der Waals surface area contributed by atoms with Gasteiger partial charge < -0.3 is 14.8 Å². The number of rotatable bonds is 6. The molecule has 4 saturated carbocycles. The average Bonchev–Trinajstić information content (AvgIpc) is 2.56. The van der Waals surface area contributed by atoms with Crippen LogP contribution in [0.25, 0.3) is 0 Å². The van der Waals surface area contributed by atoms with Gasteiger partial charge in [-0.25, -0.2) is 0 Å². The molecule has 2 atom stereocenters. The molecule has 1 amide bonds. The third kappa shape index (κ3) is 3.86. The smallest absolute Gasteiger partial charge is 0.312 e. The molecule has 146 valence electrons. The Morgan fingerprint density at radius 2 is 1.93 bits per heavy atom. The number of hydrogen-bond donors (Lipinski definition) is 1. The van der Waals surface area contributed by atoms with Crippen molar-refractivity contribution in [1.82, 2.24) is 5.32 Å². The van der Waals surface area contributed by atoms with Crippen LogP contribution in [0, 0.1) is 17.3 Å². The van der Waals surface area contributed by atoms with E-state index in [1.54, 1.807) is 6.92 Å². The van der Waals surface area contributed by atoms with Gasteiger partial charge in [-0.3, -0.25) is 9.59 Å². The van der Waals surface area contributed by atoms with E-state index in [9.17, 15) is 9.59 Å². The second-order valence-corrected chi connectivity index (χ2v) is 9.56. The summed E-state index contributed by atoms with van der Waals surface area (Å²) in [4.78, 5) is 24.7. The van der Waals surface area contributed by atoms with Crippen molar-refractivity contribution in [3.8, 4) is 5.75 Å². The van der Waals surface area contributed by atoms with Gasteiger partial charge in [-0.1, -0.05) is 22.0 Å². The Kier molecular flexibility index (Phi) is 4.95. The maximum absolute atomic E-state index is 13.0. The second-order valence-electron chi connectivity index (χ2n) is 8.64. The predicted octanol–water partition coefficient (Wildman–Crippen LogP) is 3.85. The van der Waals surface area contributed by atoms with E-state index in [0.29, 0.717) is 18.4 Å². The lowest BCUT2D eigenvalue weighted by Gasteiger charge is -2.60. The lowest BCUT2D eigenvalue weighted by atomic mass is 9.47. The summed E-state index contributed by atoms with van der Waals surface area (Å²) in [6.07, 6.45) is 5.71. The molecule has 0 radical (unpaired) electrons. The molecular weight excluding hydrogens is 410 g/mol. The van der Waals surface area contributed by atoms with Crippen LogP contribution >= 0.6 is 15.9 Å². The van der Waals surface area contributed by atoms with E-state index in [-0.39, 0.29) is 24.0 Å². The van der Waals surface area contributed by atoms with Crippen molar-refractivity contribution in [3.63, 3.8) is 0 Å². The number of halogens is 1. The lowest BCUT2D eigenvalue weighted by molar-refractivity contribution is -0.176. The van der Waals surface area contributed by atoms with E-state index in [0.717, 1.165) is 42.3 Å². The molecule has 6 heteroatoms. The van der Waals surface area contributed by atoms with Crippen molar-refractivity contribution in [2.75, 3.05) is 13.2 Å². The highest BCUT2D eigenvalue weighted by Crippen LogP contribution is 2.62. The van der Waals surface area contributed by atoms with E-state index in [1.807, 2.05) is 24.3 Å². The average molecular weight is 436 g/mol. The van der Waals surface area contributed by atoms with Crippen LogP contribution in [-0.2, 0) is 14.3 Å². The van der Waals surface area contributed by atoms with Gasteiger partial charge in [0.15, 0.2) is 0 Å². The summed E-state index contributed by atoms with van der Waals surface area (Å²) in [5, 5.41) is 3.19. The molecule has 0 heterocycles. The summed E-state index contributed by atoms with van der Waals surface area (Å²) in [6, 6.07) is 7.61. The highest BCUT2D eigenvalue weighted by molar-refractivity contribution is 9.10. The summed E-state index contributed by atoms with van der Waals surface area (Å²) in [5.41, 5.74) is -0.635. The molecule has 1 aromatic rings. The van der Waals surface area contributed by atoms with Crippen LogP contribution in [0.15, 0.2) is 28.7 Å².